The lowest BCUT2D eigenvalue weighted by atomic mass is 10.0. The Hall–Kier alpha value is -0.340. The minimum absolute atomic E-state index is 0.352. The zero-order valence-corrected chi connectivity index (χ0v) is 6.34. The van der Waals surface area contributed by atoms with Gasteiger partial charge in [0.05, 0.1) is 6.10 Å². The summed E-state index contributed by atoms with van der Waals surface area (Å²) in [5, 5.41) is 9.44. The van der Waals surface area contributed by atoms with Crippen LogP contribution in [0.5, 0.6) is 0 Å². The molecule has 0 amide bonds. The number of aliphatic hydroxyl groups is 1. The number of ether oxygens (including phenoxy) is 1. The van der Waals surface area contributed by atoms with Crippen LogP contribution in [0.2, 0.25) is 0 Å². The highest BCUT2D eigenvalue weighted by atomic mass is 16.5. The van der Waals surface area contributed by atoms with Crippen LogP contribution in [0.15, 0.2) is 12.7 Å². The molecule has 10 heavy (non-hydrogen) atoms. The Kier molecular flexibility index (Phi) is 2.11. The van der Waals surface area contributed by atoms with Gasteiger partial charge in [0.2, 0.25) is 0 Å². The summed E-state index contributed by atoms with van der Waals surface area (Å²) >= 11 is 0. The van der Waals surface area contributed by atoms with Crippen molar-refractivity contribution in [3.05, 3.63) is 12.7 Å². The second-order valence-electron chi connectivity index (χ2n) is 2.77. The SMILES string of the molecule is C=C[C@@]1(OC)CCC[C@H]1O. The summed E-state index contributed by atoms with van der Waals surface area (Å²) in [5.41, 5.74) is -0.444. The molecule has 2 atom stereocenters. The standard InChI is InChI=1S/C8H14O2/c1-3-8(10-2)6-4-5-7(8)9/h3,7,9H,1,4-6H2,2H3/t7-,8-/m1/s1. The fourth-order valence-electron chi connectivity index (χ4n) is 1.54. The Bertz CT molecular complexity index is 133. The van der Waals surface area contributed by atoms with Crippen molar-refractivity contribution in [1.82, 2.24) is 0 Å². The topological polar surface area (TPSA) is 29.5 Å². The van der Waals surface area contributed by atoms with E-state index in [1.807, 2.05) is 0 Å². The zero-order chi connectivity index (χ0) is 7.61. The van der Waals surface area contributed by atoms with E-state index in [1.165, 1.54) is 0 Å². The third-order valence-corrected chi connectivity index (χ3v) is 2.33. The number of hydrogen-bond acceptors (Lipinski definition) is 2. The van der Waals surface area contributed by atoms with Crippen LogP contribution in [0, 0.1) is 0 Å². The number of rotatable bonds is 2. The van der Waals surface area contributed by atoms with Crippen molar-refractivity contribution in [2.45, 2.75) is 31.0 Å². The van der Waals surface area contributed by atoms with Gasteiger partial charge in [-0.25, -0.2) is 0 Å². The lowest BCUT2D eigenvalue weighted by Crippen LogP contribution is -2.36. The fraction of sp³-hybridized carbons (Fsp3) is 0.750. The predicted molar refractivity (Wildman–Crippen MR) is 39.8 cm³/mol. The molecule has 0 bridgehead atoms. The second-order valence-corrected chi connectivity index (χ2v) is 2.77. The van der Waals surface area contributed by atoms with Gasteiger partial charge < -0.3 is 9.84 Å². The first-order valence-corrected chi connectivity index (χ1v) is 3.62. The maximum Gasteiger partial charge on any atom is 0.111 e. The molecular weight excluding hydrogens is 128 g/mol. The molecule has 1 N–H and O–H groups in total. The molecule has 58 valence electrons. The van der Waals surface area contributed by atoms with Gasteiger partial charge in [-0.15, -0.1) is 6.58 Å². The highest BCUT2D eigenvalue weighted by Gasteiger charge is 2.39. The molecule has 0 unspecified atom stereocenters. The largest absolute Gasteiger partial charge is 0.390 e. The lowest BCUT2D eigenvalue weighted by Gasteiger charge is -2.26. The maximum absolute atomic E-state index is 9.44. The molecule has 0 aromatic rings. The van der Waals surface area contributed by atoms with E-state index in [4.69, 9.17) is 4.74 Å². The normalized spacial score (nSPS) is 40.0. The number of aliphatic hydroxyl groups excluding tert-OH is 1. The van der Waals surface area contributed by atoms with Gasteiger partial charge in [0.25, 0.3) is 0 Å². The van der Waals surface area contributed by atoms with Crippen LogP contribution >= 0.6 is 0 Å². The Labute approximate surface area is 61.5 Å². The molecular formula is C8H14O2. The van der Waals surface area contributed by atoms with Crippen molar-refractivity contribution in [1.29, 1.82) is 0 Å². The van der Waals surface area contributed by atoms with E-state index in [1.54, 1.807) is 13.2 Å². The molecule has 1 aliphatic rings. The van der Waals surface area contributed by atoms with Gasteiger partial charge >= 0.3 is 0 Å². The average molecular weight is 142 g/mol. The van der Waals surface area contributed by atoms with Gasteiger partial charge in [0, 0.05) is 7.11 Å². The summed E-state index contributed by atoms with van der Waals surface area (Å²) in [6.07, 6.45) is 4.12. The third kappa shape index (κ3) is 0.976. The van der Waals surface area contributed by atoms with E-state index < -0.39 is 5.60 Å². The first-order valence-electron chi connectivity index (χ1n) is 3.62. The smallest absolute Gasteiger partial charge is 0.111 e. The summed E-state index contributed by atoms with van der Waals surface area (Å²) < 4.78 is 5.19. The Balaban J connectivity index is 2.70. The second kappa shape index (κ2) is 2.72. The van der Waals surface area contributed by atoms with Gasteiger partial charge in [0.15, 0.2) is 0 Å². The van der Waals surface area contributed by atoms with Gasteiger partial charge in [-0.2, -0.15) is 0 Å². The molecule has 0 radical (unpaired) electrons. The number of methoxy groups -OCH3 is 1. The molecule has 0 aromatic carbocycles. The van der Waals surface area contributed by atoms with E-state index in [0.717, 1.165) is 19.3 Å². The van der Waals surface area contributed by atoms with Gasteiger partial charge in [-0.3, -0.25) is 0 Å². The van der Waals surface area contributed by atoms with E-state index in [2.05, 4.69) is 6.58 Å². The molecule has 2 nitrogen and oxygen atoms in total. The van der Waals surface area contributed by atoms with Gasteiger partial charge in [0.1, 0.15) is 5.60 Å². The monoisotopic (exact) mass is 142 g/mol. The van der Waals surface area contributed by atoms with Crippen LogP contribution in [-0.2, 0) is 4.74 Å². The van der Waals surface area contributed by atoms with Crippen LogP contribution in [0.4, 0.5) is 0 Å². The molecule has 0 aliphatic heterocycles. The minimum atomic E-state index is -0.444. The molecule has 2 heteroatoms. The average Bonchev–Trinajstić information content (AvgIpc) is 2.32. The maximum atomic E-state index is 9.44. The van der Waals surface area contributed by atoms with Crippen molar-refractivity contribution in [3.8, 4) is 0 Å². The summed E-state index contributed by atoms with van der Waals surface area (Å²) in [6, 6.07) is 0. The van der Waals surface area contributed by atoms with Crippen LogP contribution in [0.25, 0.3) is 0 Å². The van der Waals surface area contributed by atoms with Crippen molar-refractivity contribution >= 4 is 0 Å². The van der Waals surface area contributed by atoms with Crippen LogP contribution < -0.4 is 0 Å². The molecule has 1 aliphatic carbocycles. The van der Waals surface area contributed by atoms with Crippen molar-refractivity contribution < 1.29 is 9.84 Å². The Morgan fingerprint density at radius 3 is 2.70 bits per heavy atom. The number of hydrogen-bond donors (Lipinski definition) is 1. The first kappa shape index (κ1) is 7.76. The first-order chi connectivity index (χ1) is 4.75. The van der Waals surface area contributed by atoms with Crippen LogP contribution in [-0.4, -0.2) is 23.9 Å². The predicted octanol–water partition coefficient (Wildman–Crippen LogP) is 1.10. The summed E-state index contributed by atoms with van der Waals surface area (Å²) in [5.74, 6) is 0. The highest BCUT2D eigenvalue weighted by molar-refractivity contribution is 5.06. The molecule has 0 heterocycles. The lowest BCUT2D eigenvalue weighted by molar-refractivity contribution is -0.0480. The quantitative estimate of drug-likeness (QED) is 0.585. The Morgan fingerprint density at radius 1 is 1.80 bits per heavy atom. The fourth-order valence-corrected chi connectivity index (χ4v) is 1.54. The molecule has 0 saturated heterocycles. The van der Waals surface area contributed by atoms with E-state index in [-0.39, 0.29) is 6.10 Å². The van der Waals surface area contributed by atoms with Crippen LogP contribution in [0.3, 0.4) is 0 Å². The molecule has 0 spiro atoms. The van der Waals surface area contributed by atoms with Crippen molar-refractivity contribution in [2.24, 2.45) is 0 Å². The third-order valence-electron chi connectivity index (χ3n) is 2.33. The van der Waals surface area contributed by atoms with Gasteiger partial charge in [-0.1, -0.05) is 6.08 Å². The Morgan fingerprint density at radius 2 is 2.50 bits per heavy atom. The molecule has 1 rings (SSSR count). The van der Waals surface area contributed by atoms with E-state index >= 15 is 0 Å². The van der Waals surface area contributed by atoms with Gasteiger partial charge in [-0.05, 0) is 19.3 Å². The minimum Gasteiger partial charge on any atom is -0.390 e. The van der Waals surface area contributed by atoms with Crippen molar-refractivity contribution in [3.63, 3.8) is 0 Å². The zero-order valence-electron chi connectivity index (χ0n) is 6.34. The summed E-state index contributed by atoms with van der Waals surface area (Å²) in [7, 11) is 1.62. The molecule has 1 saturated carbocycles. The highest BCUT2D eigenvalue weighted by Crippen LogP contribution is 2.33. The van der Waals surface area contributed by atoms with Crippen LogP contribution in [0.1, 0.15) is 19.3 Å². The summed E-state index contributed by atoms with van der Waals surface area (Å²) in [4.78, 5) is 0. The van der Waals surface area contributed by atoms with E-state index in [9.17, 15) is 5.11 Å². The van der Waals surface area contributed by atoms with E-state index in [0.29, 0.717) is 0 Å². The molecule has 0 aromatic heterocycles. The summed E-state index contributed by atoms with van der Waals surface area (Å²) in [6.45, 7) is 3.65. The van der Waals surface area contributed by atoms with Crippen molar-refractivity contribution in [2.75, 3.05) is 7.11 Å². The molecule has 1 fully saturated rings.